The molecule has 1 fully saturated rings. The number of aromatic nitrogens is 1. The lowest BCUT2D eigenvalue weighted by atomic mass is 9.85. The summed E-state index contributed by atoms with van der Waals surface area (Å²) in [4.78, 5) is 56.6. The number of likely N-dealkylation sites (tertiary alicyclic amines) is 1. The van der Waals surface area contributed by atoms with Crippen molar-refractivity contribution in [3.8, 4) is 10.4 Å². The van der Waals surface area contributed by atoms with Crippen molar-refractivity contribution in [2.45, 2.75) is 71.7 Å². The van der Waals surface area contributed by atoms with E-state index in [9.17, 15) is 24.3 Å². The standard InChI is InChI=1S/C28H38N4O7S/c1-17-24(40-16-30-17)19-9-7-18(8-10-19)13-29-26(37)21-12-20(33)14-32(21)27(38)25(28(2,3)4)31-22(34)15-39-11-5-6-23(35)36/h7-10,16,20-21,25,33H,5-6,11-15H2,1-4H3,(H,29,37)(H,31,34)(H,35,36)/t20-,21+,25-/m1/s1. The first kappa shape index (κ1) is 31.2. The van der Waals surface area contributed by atoms with Crippen LogP contribution in [0.3, 0.4) is 0 Å². The number of carbonyl (C=O) groups excluding carboxylic acids is 3. The van der Waals surface area contributed by atoms with Gasteiger partial charge in [-0.15, -0.1) is 11.3 Å². The minimum absolute atomic E-state index is 0.0199. The van der Waals surface area contributed by atoms with Crippen LogP contribution in [0.25, 0.3) is 10.4 Å². The van der Waals surface area contributed by atoms with E-state index in [1.165, 1.54) is 4.90 Å². The quantitative estimate of drug-likeness (QED) is 0.281. The third-order valence-electron chi connectivity index (χ3n) is 6.62. The molecule has 1 aromatic carbocycles. The first-order valence-corrected chi connectivity index (χ1v) is 14.1. The van der Waals surface area contributed by atoms with Crippen molar-refractivity contribution < 1.29 is 34.1 Å². The number of aliphatic carboxylic acids is 1. The molecule has 3 atom stereocenters. The first-order valence-electron chi connectivity index (χ1n) is 13.2. The van der Waals surface area contributed by atoms with Crippen molar-refractivity contribution in [1.82, 2.24) is 20.5 Å². The fourth-order valence-electron chi connectivity index (χ4n) is 4.47. The maximum Gasteiger partial charge on any atom is 0.303 e. The van der Waals surface area contributed by atoms with Crippen molar-refractivity contribution in [3.63, 3.8) is 0 Å². The number of aliphatic hydroxyl groups is 1. The number of aliphatic hydroxyl groups excluding tert-OH is 1. The van der Waals surface area contributed by atoms with Crippen molar-refractivity contribution in [3.05, 3.63) is 41.0 Å². The van der Waals surface area contributed by atoms with E-state index in [-0.39, 0.29) is 51.5 Å². The summed E-state index contributed by atoms with van der Waals surface area (Å²) in [6.45, 7) is 7.35. The number of nitrogens with one attached hydrogen (secondary N) is 2. The molecule has 0 bridgehead atoms. The van der Waals surface area contributed by atoms with Crippen molar-refractivity contribution in [2.75, 3.05) is 19.8 Å². The Kier molecular flexibility index (Phi) is 10.8. The molecular weight excluding hydrogens is 536 g/mol. The zero-order valence-electron chi connectivity index (χ0n) is 23.3. The molecule has 1 aliphatic rings. The second-order valence-electron chi connectivity index (χ2n) is 11.0. The molecule has 2 heterocycles. The molecule has 40 heavy (non-hydrogen) atoms. The minimum Gasteiger partial charge on any atom is -0.481 e. The van der Waals surface area contributed by atoms with Gasteiger partial charge in [0.1, 0.15) is 18.7 Å². The van der Waals surface area contributed by atoms with E-state index < -0.39 is 41.4 Å². The Morgan fingerprint density at radius 2 is 1.90 bits per heavy atom. The van der Waals surface area contributed by atoms with Gasteiger partial charge in [0.05, 0.1) is 22.2 Å². The number of carbonyl (C=O) groups is 4. The Hall–Kier alpha value is -3.35. The summed E-state index contributed by atoms with van der Waals surface area (Å²) in [5.41, 5.74) is 4.01. The van der Waals surface area contributed by atoms with Gasteiger partial charge in [0, 0.05) is 32.5 Å². The molecule has 0 spiro atoms. The molecule has 218 valence electrons. The average molecular weight is 575 g/mol. The van der Waals surface area contributed by atoms with E-state index in [0.29, 0.717) is 0 Å². The highest BCUT2D eigenvalue weighted by Crippen LogP contribution is 2.28. The number of aryl methyl sites for hydroxylation is 1. The number of β-amino-alcohol motifs (C(OH)–C–C–N with tert-alkyl or cyclic N) is 1. The Morgan fingerprint density at radius 3 is 2.50 bits per heavy atom. The van der Waals surface area contributed by atoms with Gasteiger partial charge in [-0.25, -0.2) is 4.98 Å². The van der Waals surface area contributed by atoms with Crippen molar-refractivity contribution in [2.24, 2.45) is 5.41 Å². The monoisotopic (exact) mass is 574 g/mol. The third kappa shape index (κ3) is 8.57. The number of carboxylic acids is 1. The van der Waals surface area contributed by atoms with E-state index >= 15 is 0 Å². The number of benzene rings is 1. The predicted molar refractivity (Wildman–Crippen MR) is 149 cm³/mol. The summed E-state index contributed by atoms with van der Waals surface area (Å²) in [5, 5.41) is 24.6. The number of nitrogens with zero attached hydrogens (tertiary/aromatic N) is 2. The van der Waals surface area contributed by atoms with Crippen LogP contribution >= 0.6 is 11.3 Å². The number of ether oxygens (including phenoxy) is 1. The van der Waals surface area contributed by atoms with Crippen LogP contribution in [0.2, 0.25) is 0 Å². The van der Waals surface area contributed by atoms with Gasteiger partial charge in [-0.1, -0.05) is 45.0 Å². The van der Waals surface area contributed by atoms with Crippen LogP contribution in [0.1, 0.15) is 51.3 Å². The molecule has 1 saturated heterocycles. The number of hydrogen-bond acceptors (Lipinski definition) is 8. The molecule has 0 aliphatic carbocycles. The predicted octanol–water partition coefficient (Wildman–Crippen LogP) is 2.11. The van der Waals surface area contributed by atoms with Crippen LogP contribution in [-0.4, -0.2) is 81.7 Å². The van der Waals surface area contributed by atoms with Gasteiger partial charge in [0.25, 0.3) is 0 Å². The van der Waals surface area contributed by atoms with Crippen LogP contribution in [0.5, 0.6) is 0 Å². The Balaban J connectivity index is 1.60. The van der Waals surface area contributed by atoms with Gasteiger partial charge >= 0.3 is 5.97 Å². The Bertz CT molecular complexity index is 1190. The zero-order valence-corrected chi connectivity index (χ0v) is 24.1. The zero-order chi connectivity index (χ0) is 29.4. The van der Waals surface area contributed by atoms with E-state index in [4.69, 9.17) is 9.84 Å². The highest BCUT2D eigenvalue weighted by atomic mass is 32.1. The normalized spacial score (nSPS) is 17.9. The van der Waals surface area contributed by atoms with E-state index in [1.54, 1.807) is 37.6 Å². The molecule has 12 heteroatoms. The topological polar surface area (TPSA) is 158 Å². The number of carboxylic acid groups (broad SMARTS) is 1. The molecular formula is C28H38N4O7S. The molecule has 1 aliphatic heterocycles. The van der Waals surface area contributed by atoms with Crippen molar-refractivity contribution >= 4 is 35.0 Å². The second kappa shape index (κ2) is 13.8. The van der Waals surface area contributed by atoms with Gasteiger partial charge < -0.3 is 30.5 Å². The number of amides is 3. The van der Waals surface area contributed by atoms with Crippen LogP contribution in [0.15, 0.2) is 29.8 Å². The maximum absolute atomic E-state index is 13.6. The summed E-state index contributed by atoms with van der Waals surface area (Å²) in [6.07, 6.45) is -0.569. The molecule has 2 aromatic rings. The second-order valence-corrected chi connectivity index (χ2v) is 11.8. The van der Waals surface area contributed by atoms with Crippen LogP contribution in [0.4, 0.5) is 0 Å². The molecule has 3 amide bonds. The summed E-state index contributed by atoms with van der Waals surface area (Å²) >= 11 is 1.57. The van der Waals surface area contributed by atoms with E-state index in [2.05, 4.69) is 15.6 Å². The Labute approximate surface area is 237 Å². The average Bonchev–Trinajstić information content (AvgIpc) is 3.50. The summed E-state index contributed by atoms with van der Waals surface area (Å²) < 4.78 is 5.24. The highest BCUT2D eigenvalue weighted by Gasteiger charge is 2.44. The van der Waals surface area contributed by atoms with Crippen molar-refractivity contribution in [1.29, 1.82) is 0 Å². The van der Waals surface area contributed by atoms with Crippen LogP contribution in [-0.2, 0) is 30.5 Å². The molecule has 4 N–H and O–H groups in total. The minimum atomic E-state index is -0.967. The van der Waals surface area contributed by atoms with E-state index in [1.807, 2.05) is 31.2 Å². The summed E-state index contributed by atoms with van der Waals surface area (Å²) in [5.74, 6) is -2.32. The third-order valence-corrected chi connectivity index (χ3v) is 7.60. The fraction of sp³-hybridized carbons (Fsp3) is 0.536. The maximum atomic E-state index is 13.6. The van der Waals surface area contributed by atoms with Gasteiger partial charge in [-0.05, 0) is 29.9 Å². The molecule has 1 aromatic heterocycles. The molecule has 0 saturated carbocycles. The summed E-state index contributed by atoms with van der Waals surface area (Å²) in [6, 6.07) is 5.96. The van der Waals surface area contributed by atoms with Crippen LogP contribution < -0.4 is 10.6 Å². The molecule has 3 rings (SSSR count). The first-order chi connectivity index (χ1) is 18.9. The Morgan fingerprint density at radius 1 is 1.20 bits per heavy atom. The largest absolute Gasteiger partial charge is 0.481 e. The lowest BCUT2D eigenvalue weighted by molar-refractivity contribution is -0.144. The fourth-order valence-corrected chi connectivity index (χ4v) is 5.28. The number of rotatable bonds is 12. The number of hydrogen-bond donors (Lipinski definition) is 4. The lowest BCUT2D eigenvalue weighted by Gasteiger charge is -2.35. The lowest BCUT2D eigenvalue weighted by Crippen LogP contribution is -2.58. The molecule has 0 radical (unpaired) electrons. The molecule has 0 unspecified atom stereocenters. The highest BCUT2D eigenvalue weighted by molar-refractivity contribution is 7.13. The van der Waals surface area contributed by atoms with Gasteiger partial charge in [-0.2, -0.15) is 0 Å². The number of thiazole rings is 1. The van der Waals surface area contributed by atoms with Gasteiger partial charge in [0.2, 0.25) is 17.7 Å². The molecule has 11 nitrogen and oxygen atoms in total. The smallest absolute Gasteiger partial charge is 0.303 e. The van der Waals surface area contributed by atoms with Gasteiger partial charge in [0.15, 0.2) is 0 Å². The summed E-state index contributed by atoms with van der Waals surface area (Å²) in [7, 11) is 0. The van der Waals surface area contributed by atoms with Crippen LogP contribution in [0, 0.1) is 12.3 Å². The SMILES string of the molecule is Cc1ncsc1-c1ccc(CNC(=O)[C@@H]2C[C@@H](O)CN2C(=O)[C@@H](NC(=O)COCCCC(=O)O)C(C)(C)C)cc1. The van der Waals surface area contributed by atoms with E-state index in [0.717, 1.165) is 21.7 Å². The van der Waals surface area contributed by atoms with Gasteiger partial charge in [-0.3, -0.25) is 19.2 Å².